The summed E-state index contributed by atoms with van der Waals surface area (Å²) in [5, 5.41) is 0.544. The van der Waals surface area contributed by atoms with Gasteiger partial charge in [0.25, 0.3) is 0 Å². The lowest BCUT2D eigenvalue weighted by Crippen LogP contribution is -1.99. The predicted molar refractivity (Wildman–Crippen MR) is 82.7 cm³/mol. The van der Waals surface area contributed by atoms with E-state index in [1.165, 1.54) is 12.1 Å². The molecule has 0 saturated heterocycles. The van der Waals surface area contributed by atoms with Crippen molar-refractivity contribution < 1.29 is 8.78 Å². The first-order valence-corrected chi connectivity index (χ1v) is 7.09. The molecular weight excluding hydrogens is 290 g/mol. The third kappa shape index (κ3) is 2.52. The molecule has 3 aromatic rings. The Kier molecular flexibility index (Phi) is 3.64. The van der Waals surface area contributed by atoms with Crippen molar-refractivity contribution in [2.45, 2.75) is 12.3 Å². The number of hydrogen-bond acceptors (Lipinski definition) is 0. The van der Waals surface area contributed by atoms with Crippen LogP contribution in [0.5, 0.6) is 0 Å². The zero-order valence-corrected chi connectivity index (χ0v) is 12.2. The molecule has 0 aromatic heterocycles. The fraction of sp³-hybridized carbons (Fsp3) is 0.111. The second-order valence-electron chi connectivity index (χ2n) is 5.07. The molecule has 1 unspecified atom stereocenters. The highest BCUT2D eigenvalue weighted by Crippen LogP contribution is 2.36. The molecule has 0 bridgehead atoms. The Morgan fingerprint density at radius 2 is 1.48 bits per heavy atom. The van der Waals surface area contributed by atoms with Gasteiger partial charge in [0.05, 0.1) is 5.38 Å². The summed E-state index contributed by atoms with van der Waals surface area (Å²) in [6.45, 7) is 1.88. The molecule has 3 rings (SSSR count). The Morgan fingerprint density at radius 1 is 0.810 bits per heavy atom. The smallest absolute Gasteiger partial charge is 0.131 e. The third-order valence-electron chi connectivity index (χ3n) is 3.60. The number of hydrogen-bond donors (Lipinski definition) is 0. The normalized spacial score (nSPS) is 12.6. The molecule has 0 N–H and O–H groups in total. The van der Waals surface area contributed by atoms with E-state index in [1.54, 1.807) is 36.4 Å². The largest absolute Gasteiger partial charge is 0.207 e. The van der Waals surface area contributed by atoms with Crippen molar-refractivity contribution >= 4 is 22.4 Å². The molecule has 0 aliphatic heterocycles. The van der Waals surface area contributed by atoms with Crippen LogP contribution in [0, 0.1) is 18.6 Å². The van der Waals surface area contributed by atoms with Crippen molar-refractivity contribution in [2.75, 3.05) is 0 Å². The average Bonchev–Trinajstić information content (AvgIpc) is 2.50. The molecule has 0 fully saturated rings. The summed E-state index contributed by atoms with van der Waals surface area (Å²) in [7, 11) is 0. The Balaban J connectivity index is 2.20. The number of benzene rings is 3. The molecule has 106 valence electrons. The van der Waals surface area contributed by atoms with E-state index in [0.29, 0.717) is 21.9 Å². The number of fused-ring (bicyclic) bond motifs is 1. The molecule has 0 aliphatic carbocycles. The van der Waals surface area contributed by atoms with Crippen LogP contribution in [-0.2, 0) is 0 Å². The Bertz CT molecular complexity index is 811. The molecule has 0 saturated carbocycles. The second kappa shape index (κ2) is 5.45. The van der Waals surface area contributed by atoms with Crippen LogP contribution in [0.1, 0.15) is 22.1 Å². The molecular formula is C18H13ClF2. The van der Waals surface area contributed by atoms with Gasteiger partial charge in [-0.3, -0.25) is 0 Å². The lowest BCUT2D eigenvalue weighted by Gasteiger charge is -2.15. The Hall–Kier alpha value is -1.93. The number of alkyl halides is 1. The average molecular weight is 303 g/mol. The van der Waals surface area contributed by atoms with E-state index in [9.17, 15) is 8.78 Å². The maximum Gasteiger partial charge on any atom is 0.131 e. The molecule has 3 heteroatoms. The number of aryl methyl sites for hydroxylation is 1. The van der Waals surface area contributed by atoms with Crippen LogP contribution in [0.15, 0.2) is 54.6 Å². The van der Waals surface area contributed by atoms with Crippen LogP contribution < -0.4 is 0 Å². The predicted octanol–water partition coefficient (Wildman–Crippen LogP) is 5.75. The topological polar surface area (TPSA) is 0 Å². The van der Waals surface area contributed by atoms with Gasteiger partial charge in [0, 0.05) is 10.9 Å². The van der Waals surface area contributed by atoms with Gasteiger partial charge in [-0.25, -0.2) is 8.78 Å². The van der Waals surface area contributed by atoms with Gasteiger partial charge >= 0.3 is 0 Å². The molecule has 0 spiro atoms. The highest BCUT2D eigenvalue weighted by Gasteiger charge is 2.18. The zero-order chi connectivity index (χ0) is 15.0. The summed E-state index contributed by atoms with van der Waals surface area (Å²) in [5.74, 6) is -0.656. The van der Waals surface area contributed by atoms with Gasteiger partial charge in [-0.2, -0.15) is 0 Å². The molecule has 3 aromatic carbocycles. The minimum atomic E-state index is -0.657. The summed E-state index contributed by atoms with van der Waals surface area (Å²) in [6.07, 6.45) is 0. The standard InChI is InChI=1S/C18H13ClF2/c1-11-6-8-17(21)15(10-11)18(19)14-7-9-16(20)13-5-3-2-4-12(13)14/h2-10,18H,1H3. The van der Waals surface area contributed by atoms with Crippen LogP contribution in [-0.4, -0.2) is 0 Å². The zero-order valence-electron chi connectivity index (χ0n) is 11.4. The Morgan fingerprint density at radius 3 is 2.24 bits per heavy atom. The van der Waals surface area contributed by atoms with Crippen LogP contribution in [0.3, 0.4) is 0 Å². The van der Waals surface area contributed by atoms with E-state index in [4.69, 9.17) is 11.6 Å². The van der Waals surface area contributed by atoms with Crippen LogP contribution in [0.25, 0.3) is 10.8 Å². The monoisotopic (exact) mass is 302 g/mol. The summed E-state index contributed by atoms with van der Waals surface area (Å²) < 4.78 is 27.9. The lowest BCUT2D eigenvalue weighted by molar-refractivity contribution is 0.612. The van der Waals surface area contributed by atoms with Crippen molar-refractivity contribution in [3.05, 3.63) is 82.9 Å². The fourth-order valence-corrected chi connectivity index (χ4v) is 2.89. The van der Waals surface area contributed by atoms with E-state index >= 15 is 0 Å². The van der Waals surface area contributed by atoms with Gasteiger partial charge < -0.3 is 0 Å². The molecule has 0 heterocycles. The van der Waals surface area contributed by atoms with E-state index in [2.05, 4.69) is 0 Å². The first kappa shape index (κ1) is 14.0. The second-order valence-corrected chi connectivity index (χ2v) is 5.51. The summed E-state index contributed by atoms with van der Waals surface area (Å²) in [6, 6.07) is 14.9. The maximum atomic E-state index is 14.0. The minimum Gasteiger partial charge on any atom is -0.207 e. The third-order valence-corrected chi connectivity index (χ3v) is 4.07. The molecule has 1 atom stereocenters. The summed E-state index contributed by atoms with van der Waals surface area (Å²) in [5.41, 5.74) is 2.05. The number of rotatable bonds is 2. The first-order chi connectivity index (χ1) is 10.1. The highest BCUT2D eigenvalue weighted by atomic mass is 35.5. The van der Waals surface area contributed by atoms with Crippen molar-refractivity contribution in [1.82, 2.24) is 0 Å². The van der Waals surface area contributed by atoms with E-state index in [0.717, 1.165) is 5.56 Å². The van der Waals surface area contributed by atoms with Gasteiger partial charge in [-0.1, -0.05) is 48.0 Å². The van der Waals surface area contributed by atoms with Gasteiger partial charge in [-0.05, 0) is 30.0 Å². The van der Waals surface area contributed by atoms with Crippen molar-refractivity contribution in [2.24, 2.45) is 0 Å². The van der Waals surface area contributed by atoms with Crippen LogP contribution in [0.4, 0.5) is 8.78 Å². The molecule has 0 amide bonds. The van der Waals surface area contributed by atoms with Crippen molar-refractivity contribution in [1.29, 1.82) is 0 Å². The van der Waals surface area contributed by atoms with Crippen molar-refractivity contribution in [3.8, 4) is 0 Å². The summed E-state index contributed by atoms with van der Waals surface area (Å²) in [4.78, 5) is 0. The van der Waals surface area contributed by atoms with Gasteiger partial charge in [0.2, 0.25) is 0 Å². The quantitative estimate of drug-likeness (QED) is 0.528. The molecule has 0 aliphatic rings. The van der Waals surface area contributed by atoms with E-state index < -0.39 is 5.38 Å². The van der Waals surface area contributed by atoms with Gasteiger partial charge in [0.15, 0.2) is 0 Å². The lowest BCUT2D eigenvalue weighted by atomic mass is 9.96. The molecule has 0 radical (unpaired) electrons. The van der Waals surface area contributed by atoms with E-state index in [1.807, 2.05) is 13.0 Å². The van der Waals surface area contributed by atoms with Gasteiger partial charge in [-0.15, -0.1) is 11.6 Å². The van der Waals surface area contributed by atoms with Gasteiger partial charge in [0.1, 0.15) is 11.6 Å². The fourth-order valence-electron chi connectivity index (χ4n) is 2.53. The molecule has 21 heavy (non-hydrogen) atoms. The Labute approximate surface area is 127 Å². The maximum absolute atomic E-state index is 14.0. The number of halogens is 3. The van der Waals surface area contributed by atoms with Crippen molar-refractivity contribution in [3.63, 3.8) is 0 Å². The minimum absolute atomic E-state index is 0.303. The van der Waals surface area contributed by atoms with E-state index in [-0.39, 0.29) is 11.6 Å². The SMILES string of the molecule is Cc1ccc(F)c(C(Cl)c2ccc(F)c3ccccc23)c1. The highest BCUT2D eigenvalue weighted by molar-refractivity contribution is 6.23. The van der Waals surface area contributed by atoms with Crippen LogP contribution in [0.2, 0.25) is 0 Å². The molecule has 0 nitrogen and oxygen atoms in total. The first-order valence-electron chi connectivity index (χ1n) is 6.65. The van der Waals surface area contributed by atoms with Crippen LogP contribution >= 0.6 is 11.6 Å². The summed E-state index contributed by atoms with van der Waals surface area (Å²) >= 11 is 6.48.